The number of morpholine rings is 1. The molecule has 0 saturated carbocycles. The zero-order valence-electron chi connectivity index (χ0n) is 10.5. The molecule has 3 N–H and O–H groups in total. The number of rotatable bonds is 4. The Morgan fingerprint density at radius 3 is 2.83 bits per heavy atom. The summed E-state index contributed by atoms with van der Waals surface area (Å²) in [4.78, 5) is 11.3. The summed E-state index contributed by atoms with van der Waals surface area (Å²) >= 11 is 0. The number of carbonyl (C=O) groups excluding carboxylic acids is 1. The van der Waals surface area contributed by atoms with Crippen molar-refractivity contribution in [2.75, 3.05) is 26.2 Å². The molecule has 1 aliphatic heterocycles. The van der Waals surface area contributed by atoms with Crippen molar-refractivity contribution in [3.63, 3.8) is 0 Å². The van der Waals surface area contributed by atoms with E-state index in [2.05, 4.69) is 0 Å². The first-order chi connectivity index (χ1) is 8.35. The normalized spacial score (nSPS) is 21.9. The molecular formula is C9H19N3O5S. The highest BCUT2D eigenvalue weighted by Crippen LogP contribution is 2.08. The van der Waals surface area contributed by atoms with Crippen LogP contribution in [-0.4, -0.2) is 57.3 Å². The van der Waals surface area contributed by atoms with E-state index in [1.165, 1.54) is 0 Å². The lowest BCUT2D eigenvalue weighted by molar-refractivity contribution is 0.00405. The summed E-state index contributed by atoms with van der Waals surface area (Å²) in [5.41, 5.74) is 5.42. The van der Waals surface area contributed by atoms with Crippen LogP contribution in [-0.2, 0) is 19.7 Å². The Morgan fingerprint density at radius 1 is 1.61 bits per heavy atom. The van der Waals surface area contributed by atoms with Gasteiger partial charge in [-0.2, -0.15) is 12.7 Å². The molecule has 1 aliphatic rings. The first-order valence-electron chi connectivity index (χ1n) is 5.65. The second-order valence-corrected chi connectivity index (χ2v) is 5.82. The van der Waals surface area contributed by atoms with Crippen LogP contribution >= 0.6 is 0 Å². The van der Waals surface area contributed by atoms with E-state index < -0.39 is 16.3 Å². The van der Waals surface area contributed by atoms with Crippen LogP contribution in [0.1, 0.15) is 13.8 Å². The molecule has 0 aromatic heterocycles. The number of nitrogens with zero attached hydrogens (tertiary/aromatic N) is 1. The van der Waals surface area contributed by atoms with Gasteiger partial charge in [-0.05, 0) is 13.8 Å². The average molecular weight is 281 g/mol. The van der Waals surface area contributed by atoms with Gasteiger partial charge >= 0.3 is 16.3 Å². The van der Waals surface area contributed by atoms with Crippen molar-refractivity contribution in [1.29, 1.82) is 0 Å². The molecule has 0 radical (unpaired) electrons. The minimum absolute atomic E-state index is 0.126. The Kier molecular flexibility index (Phi) is 5.32. The number of nitrogens with two attached hydrogens (primary N) is 1. The van der Waals surface area contributed by atoms with Crippen LogP contribution < -0.4 is 10.5 Å². The fourth-order valence-electron chi connectivity index (χ4n) is 1.46. The third-order valence-corrected chi connectivity index (χ3v) is 3.70. The molecule has 8 nitrogen and oxygen atoms in total. The lowest BCUT2D eigenvalue weighted by Gasteiger charge is -2.31. The molecule has 18 heavy (non-hydrogen) atoms. The van der Waals surface area contributed by atoms with Crippen molar-refractivity contribution >= 4 is 16.3 Å². The predicted molar refractivity (Wildman–Crippen MR) is 64.0 cm³/mol. The smallest absolute Gasteiger partial charge is 0.422 e. The zero-order valence-corrected chi connectivity index (χ0v) is 11.3. The number of hydrogen-bond acceptors (Lipinski definition) is 6. The van der Waals surface area contributed by atoms with Crippen LogP contribution in [0.25, 0.3) is 0 Å². The Hall–Kier alpha value is -0.900. The van der Waals surface area contributed by atoms with Gasteiger partial charge < -0.3 is 15.2 Å². The molecule has 1 fully saturated rings. The summed E-state index contributed by atoms with van der Waals surface area (Å²) in [6, 6.07) is 0. The molecule has 0 aromatic carbocycles. The Labute approximate surface area is 107 Å². The molecular weight excluding hydrogens is 262 g/mol. The summed E-state index contributed by atoms with van der Waals surface area (Å²) in [6.45, 7) is 4.04. The molecule has 0 aliphatic carbocycles. The van der Waals surface area contributed by atoms with Crippen LogP contribution in [0, 0.1) is 0 Å². The van der Waals surface area contributed by atoms with E-state index in [4.69, 9.17) is 15.2 Å². The topological polar surface area (TPSA) is 111 Å². The highest BCUT2D eigenvalue weighted by atomic mass is 32.2. The number of carbonyl (C=O) groups is 1. The van der Waals surface area contributed by atoms with Crippen LogP contribution in [0.2, 0.25) is 0 Å². The van der Waals surface area contributed by atoms with E-state index >= 15 is 0 Å². The summed E-state index contributed by atoms with van der Waals surface area (Å²) in [5.74, 6) is 0. The Balaban J connectivity index is 2.60. The van der Waals surface area contributed by atoms with Crippen molar-refractivity contribution < 1.29 is 22.7 Å². The number of nitrogens with one attached hydrogen (secondary N) is 1. The SMILES string of the molecule is CC(C)OC(=O)NS(=O)(=O)N1CCOC(CN)C1. The highest BCUT2D eigenvalue weighted by molar-refractivity contribution is 7.87. The van der Waals surface area contributed by atoms with Crippen molar-refractivity contribution in [1.82, 2.24) is 9.03 Å². The highest BCUT2D eigenvalue weighted by Gasteiger charge is 2.30. The lowest BCUT2D eigenvalue weighted by Crippen LogP contribution is -2.52. The molecule has 9 heteroatoms. The second-order valence-electron chi connectivity index (χ2n) is 4.15. The standard InChI is InChI=1S/C9H19N3O5S/c1-7(2)17-9(13)11-18(14,15)12-3-4-16-8(5-10)6-12/h7-8H,3-6,10H2,1-2H3,(H,11,13). The molecule has 1 saturated heterocycles. The molecule has 0 bridgehead atoms. The van der Waals surface area contributed by atoms with E-state index in [9.17, 15) is 13.2 Å². The van der Waals surface area contributed by atoms with Crippen molar-refractivity contribution in [3.8, 4) is 0 Å². The molecule has 106 valence electrons. The van der Waals surface area contributed by atoms with Gasteiger partial charge in [0.1, 0.15) is 0 Å². The lowest BCUT2D eigenvalue weighted by atomic mass is 10.3. The van der Waals surface area contributed by atoms with Gasteiger partial charge in [-0.15, -0.1) is 0 Å². The summed E-state index contributed by atoms with van der Waals surface area (Å²) in [5, 5.41) is 0. The quantitative estimate of drug-likeness (QED) is 0.685. The van der Waals surface area contributed by atoms with Crippen LogP contribution in [0.15, 0.2) is 0 Å². The third-order valence-electron chi connectivity index (χ3n) is 2.26. The van der Waals surface area contributed by atoms with E-state index in [1.807, 2.05) is 4.72 Å². The van der Waals surface area contributed by atoms with Crippen molar-refractivity contribution in [3.05, 3.63) is 0 Å². The first-order valence-corrected chi connectivity index (χ1v) is 7.09. The van der Waals surface area contributed by atoms with E-state index in [1.54, 1.807) is 13.8 Å². The van der Waals surface area contributed by atoms with Crippen molar-refractivity contribution in [2.24, 2.45) is 5.73 Å². The molecule has 0 aromatic rings. The summed E-state index contributed by atoms with van der Waals surface area (Å²) < 4.78 is 36.6. The maximum atomic E-state index is 11.9. The Morgan fingerprint density at radius 2 is 2.28 bits per heavy atom. The summed E-state index contributed by atoms with van der Waals surface area (Å²) in [6.07, 6.45) is -1.72. The predicted octanol–water partition coefficient (Wildman–Crippen LogP) is -0.975. The minimum atomic E-state index is -3.90. The van der Waals surface area contributed by atoms with Crippen LogP contribution in [0.3, 0.4) is 0 Å². The monoisotopic (exact) mass is 281 g/mol. The molecule has 1 rings (SSSR count). The molecule has 1 unspecified atom stereocenters. The summed E-state index contributed by atoms with van der Waals surface area (Å²) in [7, 11) is -3.90. The van der Waals surface area contributed by atoms with E-state index in [0.717, 1.165) is 4.31 Å². The number of ether oxygens (including phenoxy) is 2. The van der Waals surface area contributed by atoms with Gasteiger partial charge in [0.2, 0.25) is 0 Å². The first kappa shape index (κ1) is 15.2. The molecule has 1 heterocycles. The van der Waals surface area contributed by atoms with Gasteiger partial charge in [0.05, 0.1) is 18.8 Å². The van der Waals surface area contributed by atoms with Crippen LogP contribution in [0.5, 0.6) is 0 Å². The maximum Gasteiger partial charge on any atom is 0.422 e. The Bertz CT molecular complexity index is 384. The molecule has 1 atom stereocenters. The van der Waals surface area contributed by atoms with E-state index in [0.29, 0.717) is 0 Å². The fourth-order valence-corrected chi connectivity index (χ4v) is 2.53. The van der Waals surface area contributed by atoms with Crippen molar-refractivity contribution in [2.45, 2.75) is 26.1 Å². The largest absolute Gasteiger partial charge is 0.446 e. The van der Waals surface area contributed by atoms with Gasteiger partial charge in [-0.25, -0.2) is 9.52 Å². The van der Waals surface area contributed by atoms with Gasteiger partial charge in [-0.1, -0.05) is 0 Å². The van der Waals surface area contributed by atoms with Gasteiger partial charge in [-0.3, -0.25) is 0 Å². The third kappa shape index (κ3) is 4.41. The number of amides is 1. The maximum absolute atomic E-state index is 11.9. The fraction of sp³-hybridized carbons (Fsp3) is 0.889. The van der Waals surface area contributed by atoms with Gasteiger partial charge in [0.15, 0.2) is 0 Å². The number of hydrogen-bond donors (Lipinski definition) is 2. The van der Waals surface area contributed by atoms with Gasteiger partial charge in [0, 0.05) is 19.6 Å². The molecule has 0 spiro atoms. The van der Waals surface area contributed by atoms with E-state index in [-0.39, 0.29) is 38.4 Å². The molecule has 1 amide bonds. The minimum Gasteiger partial charge on any atom is -0.446 e. The average Bonchev–Trinajstić information content (AvgIpc) is 2.27. The zero-order chi connectivity index (χ0) is 13.8. The van der Waals surface area contributed by atoms with Crippen LogP contribution in [0.4, 0.5) is 4.79 Å². The van der Waals surface area contributed by atoms with Gasteiger partial charge in [0.25, 0.3) is 0 Å². The second kappa shape index (κ2) is 6.32.